The minimum Gasteiger partial charge on any atom is -0.484 e. The quantitative estimate of drug-likeness (QED) is 0.435. The second-order valence-corrected chi connectivity index (χ2v) is 9.81. The number of thioether (sulfide) groups is 1. The van der Waals surface area contributed by atoms with E-state index in [9.17, 15) is 19.2 Å². The maximum Gasteiger partial charge on any atom is 0.336 e. The van der Waals surface area contributed by atoms with Gasteiger partial charge in [0.15, 0.2) is 6.61 Å². The largest absolute Gasteiger partial charge is 0.484 e. The van der Waals surface area contributed by atoms with Crippen LogP contribution in [0.3, 0.4) is 0 Å². The van der Waals surface area contributed by atoms with Gasteiger partial charge in [-0.25, -0.2) is 9.80 Å². The van der Waals surface area contributed by atoms with Gasteiger partial charge >= 0.3 is 11.6 Å². The number of hydrazine groups is 1. The maximum absolute atomic E-state index is 12.9. The summed E-state index contributed by atoms with van der Waals surface area (Å²) in [7, 11) is 0. The number of aliphatic carboxylic acids is 1. The first-order valence-corrected chi connectivity index (χ1v) is 11.9. The van der Waals surface area contributed by atoms with Gasteiger partial charge < -0.3 is 14.3 Å². The van der Waals surface area contributed by atoms with Gasteiger partial charge in [0.1, 0.15) is 16.7 Å². The fourth-order valence-electron chi connectivity index (χ4n) is 3.58. The van der Waals surface area contributed by atoms with Crippen LogP contribution in [-0.2, 0) is 14.4 Å². The van der Waals surface area contributed by atoms with Crippen molar-refractivity contribution in [1.82, 2.24) is 10.4 Å². The maximum atomic E-state index is 12.9. The molecule has 1 fully saturated rings. The number of carboxylic acid groups (broad SMARTS) is 1. The van der Waals surface area contributed by atoms with Crippen LogP contribution in [0.25, 0.3) is 11.0 Å². The number of carboxylic acids is 1. The van der Waals surface area contributed by atoms with Crippen molar-refractivity contribution in [1.29, 1.82) is 0 Å². The minimum absolute atomic E-state index is 0.266. The molecular formula is C23H18Cl2N2O7S. The van der Waals surface area contributed by atoms with E-state index in [0.29, 0.717) is 16.2 Å². The van der Waals surface area contributed by atoms with Crippen LogP contribution in [0.1, 0.15) is 22.9 Å². The van der Waals surface area contributed by atoms with E-state index in [1.54, 1.807) is 31.2 Å². The lowest BCUT2D eigenvalue weighted by Crippen LogP contribution is -2.47. The van der Waals surface area contributed by atoms with Gasteiger partial charge in [0, 0.05) is 33.1 Å². The standard InChI is InChI=1S/C23H18Cl2N2O7S/c1-11-6-21(31)34-17-8-13(3-5-14(11)17)33-10-19(28)26-27-22(32)18(9-20(29)30)35-23(27)15-4-2-12(24)7-16(15)25/h2-8,18,23H,9-10H2,1H3,(H,26,28)(H,29,30). The lowest BCUT2D eigenvalue weighted by atomic mass is 10.1. The lowest BCUT2D eigenvalue weighted by Gasteiger charge is -2.25. The number of halogens is 2. The highest BCUT2D eigenvalue weighted by Crippen LogP contribution is 2.45. The van der Waals surface area contributed by atoms with Crippen LogP contribution in [0.15, 0.2) is 51.7 Å². The number of fused-ring (bicyclic) bond motifs is 1. The molecule has 12 heteroatoms. The number of nitrogens with zero attached hydrogens (tertiary/aromatic N) is 1. The molecule has 2 aromatic carbocycles. The second kappa shape index (κ2) is 10.2. The summed E-state index contributed by atoms with van der Waals surface area (Å²) in [6.45, 7) is 1.32. The Labute approximate surface area is 212 Å². The zero-order valence-corrected chi connectivity index (χ0v) is 20.4. The molecule has 1 aliphatic rings. The van der Waals surface area contributed by atoms with Crippen molar-refractivity contribution in [3.63, 3.8) is 0 Å². The topological polar surface area (TPSA) is 126 Å². The van der Waals surface area contributed by atoms with Crippen molar-refractivity contribution in [2.45, 2.75) is 24.0 Å². The van der Waals surface area contributed by atoms with E-state index in [1.807, 2.05) is 0 Å². The highest BCUT2D eigenvalue weighted by atomic mass is 35.5. The molecule has 0 spiro atoms. The molecule has 3 aromatic rings. The number of nitrogens with one attached hydrogen (secondary N) is 1. The van der Waals surface area contributed by atoms with Gasteiger partial charge in [0.2, 0.25) is 0 Å². The summed E-state index contributed by atoms with van der Waals surface area (Å²) in [5.74, 6) is -2.10. The van der Waals surface area contributed by atoms with Gasteiger partial charge in [-0.2, -0.15) is 0 Å². The van der Waals surface area contributed by atoms with Gasteiger partial charge in [-0.05, 0) is 36.8 Å². The number of amides is 2. The molecule has 0 bridgehead atoms. The molecule has 0 radical (unpaired) electrons. The number of benzene rings is 2. The minimum atomic E-state index is -1.15. The molecular weight excluding hydrogens is 519 g/mol. The second-order valence-electron chi connectivity index (χ2n) is 7.68. The summed E-state index contributed by atoms with van der Waals surface area (Å²) in [6, 6.07) is 10.9. The van der Waals surface area contributed by atoms with Crippen molar-refractivity contribution in [3.05, 3.63) is 74.1 Å². The van der Waals surface area contributed by atoms with Gasteiger partial charge in [-0.15, -0.1) is 11.8 Å². The summed E-state index contributed by atoms with van der Waals surface area (Å²) >= 11 is 13.3. The molecule has 1 aliphatic heterocycles. The third-order valence-electron chi connectivity index (χ3n) is 5.17. The van der Waals surface area contributed by atoms with Crippen LogP contribution >= 0.6 is 35.0 Å². The predicted molar refractivity (Wildman–Crippen MR) is 131 cm³/mol. The fraction of sp³-hybridized carbons (Fsp3) is 0.217. The zero-order valence-electron chi connectivity index (χ0n) is 18.1. The Bertz CT molecular complexity index is 1390. The molecule has 1 aromatic heterocycles. The molecule has 0 saturated carbocycles. The van der Waals surface area contributed by atoms with Crippen LogP contribution in [0.2, 0.25) is 10.0 Å². The summed E-state index contributed by atoms with van der Waals surface area (Å²) < 4.78 is 10.7. The average molecular weight is 537 g/mol. The Balaban J connectivity index is 1.50. The van der Waals surface area contributed by atoms with E-state index < -0.39 is 47.1 Å². The van der Waals surface area contributed by atoms with Gasteiger partial charge in [0.05, 0.1) is 11.7 Å². The fourth-order valence-corrected chi connectivity index (χ4v) is 5.56. The lowest BCUT2D eigenvalue weighted by molar-refractivity contribution is -0.144. The van der Waals surface area contributed by atoms with Crippen molar-refractivity contribution in [2.75, 3.05) is 6.61 Å². The Morgan fingerprint density at radius 1 is 1.17 bits per heavy atom. The van der Waals surface area contributed by atoms with E-state index >= 15 is 0 Å². The number of aryl methyl sites for hydroxylation is 1. The normalized spacial score (nSPS) is 17.6. The summed E-state index contributed by atoms with van der Waals surface area (Å²) in [4.78, 5) is 48.4. The molecule has 2 amide bonds. The molecule has 2 N–H and O–H groups in total. The first-order valence-electron chi connectivity index (χ1n) is 10.2. The summed E-state index contributed by atoms with van der Waals surface area (Å²) in [5.41, 5.74) is 3.53. The van der Waals surface area contributed by atoms with Crippen LogP contribution < -0.4 is 15.8 Å². The van der Waals surface area contributed by atoms with Gasteiger partial charge in [0.25, 0.3) is 11.8 Å². The van der Waals surface area contributed by atoms with Crippen molar-refractivity contribution >= 4 is 63.7 Å². The molecule has 2 unspecified atom stereocenters. The molecule has 35 heavy (non-hydrogen) atoms. The van der Waals surface area contributed by atoms with Crippen LogP contribution in [0.5, 0.6) is 5.75 Å². The Morgan fingerprint density at radius 3 is 2.66 bits per heavy atom. The molecule has 2 atom stereocenters. The van der Waals surface area contributed by atoms with E-state index in [2.05, 4.69) is 5.43 Å². The van der Waals surface area contributed by atoms with Gasteiger partial charge in [-0.3, -0.25) is 19.8 Å². The number of hydrogen-bond acceptors (Lipinski definition) is 7. The molecule has 9 nitrogen and oxygen atoms in total. The highest BCUT2D eigenvalue weighted by molar-refractivity contribution is 8.01. The van der Waals surface area contributed by atoms with E-state index in [1.165, 1.54) is 18.2 Å². The molecule has 1 saturated heterocycles. The molecule has 182 valence electrons. The van der Waals surface area contributed by atoms with Crippen molar-refractivity contribution in [3.8, 4) is 5.75 Å². The van der Waals surface area contributed by atoms with Crippen molar-refractivity contribution < 1.29 is 28.6 Å². The Morgan fingerprint density at radius 2 is 1.94 bits per heavy atom. The molecule has 2 heterocycles. The number of hydrogen-bond donors (Lipinski definition) is 2. The van der Waals surface area contributed by atoms with E-state index in [4.69, 9.17) is 37.5 Å². The number of carbonyl (C=O) groups excluding carboxylic acids is 2. The summed E-state index contributed by atoms with van der Waals surface area (Å²) in [6.07, 6.45) is -0.421. The zero-order chi connectivity index (χ0) is 25.3. The highest BCUT2D eigenvalue weighted by Gasteiger charge is 2.43. The van der Waals surface area contributed by atoms with Crippen molar-refractivity contribution in [2.24, 2.45) is 0 Å². The third-order valence-corrected chi connectivity index (χ3v) is 7.15. The first kappa shape index (κ1) is 24.9. The Hall–Kier alpha value is -3.21. The van der Waals surface area contributed by atoms with E-state index in [-0.39, 0.29) is 10.8 Å². The predicted octanol–water partition coefficient (Wildman–Crippen LogP) is 3.94. The van der Waals surface area contributed by atoms with E-state index in [0.717, 1.165) is 27.7 Å². The smallest absolute Gasteiger partial charge is 0.336 e. The van der Waals surface area contributed by atoms with Gasteiger partial charge in [-0.1, -0.05) is 29.3 Å². The van der Waals surface area contributed by atoms with Crippen LogP contribution in [0.4, 0.5) is 0 Å². The molecule has 0 aliphatic carbocycles. The average Bonchev–Trinajstić information content (AvgIpc) is 3.06. The molecule has 4 rings (SSSR count). The third kappa shape index (κ3) is 5.55. The number of ether oxygens (including phenoxy) is 1. The number of rotatable bonds is 7. The Kier molecular flexibility index (Phi) is 7.25. The van der Waals surface area contributed by atoms with Crippen LogP contribution in [0, 0.1) is 6.92 Å². The summed E-state index contributed by atoms with van der Waals surface area (Å²) in [5, 5.41) is 9.92. The van der Waals surface area contributed by atoms with Crippen LogP contribution in [-0.4, -0.2) is 39.8 Å². The first-order chi connectivity index (χ1) is 16.6. The number of carbonyl (C=O) groups is 3. The monoisotopic (exact) mass is 536 g/mol. The SMILES string of the molecule is Cc1cc(=O)oc2cc(OCC(=O)NN3C(=O)C(CC(=O)O)SC3c3ccc(Cl)cc3Cl)ccc12.